The van der Waals surface area contributed by atoms with Gasteiger partial charge in [0.1, 0.15) is 4.21 Å². The number of rotatable bonds is 3. The van der Waals surface area contributed by atoms with Gasteiger partial charge in [-0.25, -0.2) is 8.42 Å². The van der Waals surface area contributed by atoms with Crippen molar-refractivity contribution >= 4 is 21.4 Å². The van der Waals surface area contributed by atoms with Crippen LogP contribution in [0.5, 0.6) is 0 Å². The molecule has 0 aromatic carbocycles. The minimum atomic E-state index is -3.33. The molecule has 4 nitrogen and oxygen atoms in total. The van der Waals surface area contributed by atoms with Crippen LogP contribution in [-0.4, -0.2) is 25.8 Å². The summed E-state index contributed by atoms with van der Waals surface area (Å²) in [7, 11) is -3.33. The van der Waals surface area contributed by atoms with Gasteiger partial charge in [-0.05, 0) is 30.4 Å². The van der Waals surface area contributed by atoms with Crippen molar-refractivity contribution < 1.29 is 8.42 Å². The Bertz CT molecular complexity index is 546. The highest BCUT2D eigenvalue weighted by Crippen LogP contribution is 2.35. The van der Waals surface area contributed by atoms with Gasteiger partial charge >= 0.3 is 0 Å². The average Bonchev–Trinajstić information content (AvgIpc) is 2.82. The topological polar surface area (TPSA) is 63.4 Å². The van der Waals surface area contributed by atoms with E-state index in [1.165, 1.54) is 11.3 Å². The molecule has 0 atom stereocenters. The molecule has 0 aliphatic carbocycles. The second-order valence-electron chi connectivity index (χ2n) is 5.63. The van der Waals surface area contributed by atoms with Crippen molar-refractivity contribution in [3.05, 3.63) is 16.5 Å². The molecule has 2 N–H and O–H groups in total. The smallest absolute Gasteiger partial charge is 0.252 e. The first kappa shape index (κ1) is 14.0. The number of hydrogen-bond acceptors (Lipinski definition) is 4. The first-order valence-electron chi connectivity index (χ1n) is 6.06. The molecular weight excluding hydrogens is 268 g/mol. The Morgan fingerprint density at radius 3 is 2.61 bits per heavy atom. The van der Waals surface area contributed by atoms with Crippen LogP contribution in [0.1, 0.15) is 30.7 Å². The molecule has 0 unspecified atom stereocenters. The van der Waals surface area contributed by atoms with Crippen molar-refractivity contribution in [1.82, 2.24) is 4.31 Å². The van der Waals surface area contributed by atoms with Crippen LogP contribution in [0.15, 0.2) is 10.3 Å². The zero-order chi connectivity index (χ0) is 13.6. The Labute approximate surface area is 113 Å². The van der Waals surface area contributed by atoms with Crippen molar-refractivity contribution in [3.63, 3.8) is 0 Å². The maximum atomic E-state index is 12.5. The molecule has 0 radical (unpaired) electrons. The maximum Gasteiger partial charge on any atom is 0.252 e. The van der Waals surface area contributed by atoms with Gasteiger partial charge in [-0.15, -0.1) is 11.3 Å². The highest BCUT2D eigenvalue weighted by Gasteiger charge is 2.37. The molecule has 1 aliphatic heterocycles. The van der Waals surface area contributed by atoms with Gasteiger partial charge in [0.25, 0.3) is 10.0 Å². The molecule has 102 valence electrons. The van der Waals surface area contributed by atoms with Crippen molar-refractivity contribution in [3.8, 4) is 0 Å². The lowest BCUT2D eigenvalue weighted by molar-refractivity contribution is 0.376. The Balaban J connectivity index is 2.31. The molecule has 0 amide bonds. The van der Waals surface area contributed by atoms with Gasteiger partial charge in [-0.1, -0.05) is 13.8 Å². The average molecular weight is 288 g/mol. The minimum Gasteiger partial charge on any atom is -0.326 e. The number of sulfonamides is 1. The quantitative estimate of drug-likeness (QED) is 0.924. The van der Waals surface area contributed by atoms with Crippen molar-refractivity contribution in [2.75, 3.05) is 13.1 Å². The molecule has 1 saturated heterocycles. The van der Waals surface area contributed by atoms with Crippen LogP contribution in [0.25, 0.3) is 0 Å². The zero-order valence-electron chi connectivity index (χ0n) is 11.1. The van der Waals surface area contributed by atoms with Gasteiger partial charge in [0.15, 0.2) is 0 Å². The van der Waals surface area contributed by atoms with E-state index >= 15 is 0 Å². The minimum absolute atomic E-state index is 0.0794. The van der Waals surface area contributed by atoms with Crippen LogP contribution in [0, 0.1) is 12.3 Å². The van der Waals surface area contributed by atoms with E-state index in [1.54, 1.807) is 10.4 Å². The summed E-state index contributed by atoms with van der Waals surface area (Å²) in [6, 6.07) is 1.74. The van der Waals surface area contributed by atoms with Gasteiger partial charge in [0.05, 0.1) is 0 Å². The predicted octanol–water partition coefficient (Wildman–Crippen LogP) is 1.94. The van der Waals surface area contributed by atoms with E-state index < -0.39 is 10.0 Å². The molecule has 1 fully saturated rings. The summed E-state index contributed by atoms with van der Waals surface area (Å²) in [6.45, 7) is 7.73. The number of thiophene rings is 1. The maximum absolute atomic E-state index is 12.5. The lowest BCUT2D eigenvalue weighted by atomic mass is 9.93. The third-order valence-electron chi connectivity index (χ3n) is 3.42. The normalized spacial score (nSPS) is 20.4. The molecule has 18 heavy (non-hydrogen) atoms. The second-order valence-corrected chi connectivity index (χ2v) is 8.93. The van der Waals surface area contributed by atoms with E-state index in [2.05, 4.69) is 13.8 Å². The van der Waals surface area contributed by atoms with E-state index in [0.29, 0.717) is 23.8 Å². The van der Waals surface area contributed by atoms with Crippen LogP contribution in [0.4, 0.5) is 0 Å². The molecule has 1 aromatic rings. The number of aryl methyl sites for hydroxylation is 1. The summed E-state index contributed by atoms with van der Waals surface area (Å²) in [4.78, 5) is 0.951. The molecule has 6 heteroatoms. The summed E-state index contributed by atoms with van der Waals surface area (Å²) in [5.41, 5.74) is 6.66. The molecule has 0 saturated carbocycles. The van der Waals surface area contributed by atoms with E-state index in [1.807, 2.05) is 6.92 Å². The summed E-state index contributed by atoms with van der Waals surface area (Å²) in [5.74, 6) is 0. The molecule has 1 aromatic heterocycles. The summed E-state index contributed by atoms with van der Waals surface area (Å²) >= 11 is 1.30. The lowest BCUT2D eigenvalue weighted by Gasteiger charge is -2.18. The highest BCUT2D eigenvalue weighted by atomic mass is 32.2. The molecular formula is C12H20N2O2S2. The number of nitrogens with two attached hydrogens (primary N) is 1. The molecule has 1 aliphatic rings. The Morgan fingerprint density at radius 1 is 1.50 bits per heavy atom. The standard InChI is InChI=1S/C12H20N2O2S2/c1-9-6-11(17-10(9)7-13)18(15,16)14-5-4-12(2,3)8-14/h6H,4-5,7-8,13H2,1-3H3. The first-order valence-corrected chi connectivity index (χ1v) is 8.31. The van der Waals surface area contributed by atoms with Crippen LogP contribution in [-0.2, 0) is 16.6 Å². The van der Waals surface area contributed by atoms with Gasteiger partial charge in [-0.2, -0.15) is 4.31 Å². The first-order chi connectivity index (χ1) is 8.26. The van der Waals surface area contributed by atoms with Gasteiger partial charge in [-0.3, -0.25) is 0 Å². The summed E-state index contributed by atoms with van der Waals surface area (Å²) < 4.78 is 27.0. The second kappa shape index (κ2) is 4.59. The van der Waals surface area contributed by atoms with Gasteiger partial charge in [0, 0.05) is 24.5 Å². The molecule has 2 rings (SSSR count). The lowest BCUT2D eigenvalue weighted by Crippen LogP contribution is -2.29. The zero-order valence-corrected chi connectivity index (χ0v) is 12.7. The fraction of sp³-hybridized carbons (Fsp3) is 0.667. The third-order valence-corrected chi connectivity index (χ3v) is 6.97. The Kier molecular flexibility index (Phi) is 3.57. The fourth-order valence-corrected chi connectivity index (χ4v) is 5.47. The van der Waals surface area contributed by atoms with E-state index in [-0.39, 0.29) is 5.41 Å². The third kappa shape index (κ3) is 2.47. The Hall–Kier alpha value is -0.430. The Morgan fingerprint density at radius 2 is 2.17 bits per heavy atom. The SMILES string of the molecule is Cc1cc(S(=O)(=O)N2CCC(C)(C)C2)sc1CN. The van der Waals surface area contributed by atoms with Crippen molar-refractivity contribution in [2.24, 2.45) is 11.1 Å². The van der Waals surface area contributed by atoms with Gasteiger partial charge in [0.2, 0.25) is 0 Å². The monoisotopic (exact) mass is 288 g/mol. The fourth-order valence-electron chi connectivity index (χ4n) is 2.21. The molecule has 2 heterocycles. The predicted molar refractivity (Wildman–Crippen MR) is 74.1 cm³/mol. The largest absolute Gasteiger partial charge is 0.326 e. The summed E-state index contributed by atoms with van der Waals surface area (Å²) in [5, 5.41) is 0. The van der Waals surface area contributed by atoms with E-state index in [0.717, 1.165) is 16.9 Å². The highest BCUT2D eigenvalue weighted by molar-refractivity contribution is 7.91. The number of hydrogen-bond donors (Lipinski definition) is 1. The van der Waals surface area contributed by atoms with Gasteiger partial charge < -0.3 is 5.73 Å². The summed E-state index contributed by atoms with van der Waals surface area (Å²) in [6.07, 6.45) is 0.917. The van der Waals surface area contributed by atoms with Crippen LogP contribution in [0.2, 0.25) is 0 Å². The van der Waals surface area contributed by atoms with Crippen LogP contribution >= 0.6 is 11.3 Å². The van der Waals surface area contributed by atoms with Crippen molar-refractivity contribution in [1.29, 1.82) is 0 Å². The molecule has 0 spiro atoms. The van der Waals surface area contributed by atoms with Crippen LogP contribution in [0.3, 0.4) is 0 Å². The number of nitrogens with zero attached hydrogens (tertiary/aromatic N) is 1. The van der Waals surface area contributed by atoms with Crippen molar-refractivity contribution in [2.45, 2.75) is 37.9 Å². The molecule has 0 bridgehead atoms. The van der Waals surface area contributed by atoms with E-state index in [9.17, 15) is 8.42 Å². The van der Waals surface area contributed by atoms with E-state index in [4.69, 9.17) is 5.73 Å². The van der Waals surface area contributed by atoms with Crippen LogP contribution < -0.4 is 5.73 Å².